The molecule has 2 bridgehead atoms. The summed E-state index contributed by atoms with van der Waals surface area (Å²) in [5.41, 5.74) is 10.8. The van der Waals surface area contributed by atoms with Crippen molar-refractivity contribution < 1.29 is 9.13 Å². The first-order chi connectivity index (χ1) is 15.9. The van der Waals surface area contributed by atoms with E-state index in [0.717, 1.165) is 17.8 Å². The average Bonchev–Trinajstić information content (AvgIpc) is 3.47. The minimum atomic E-state index is -0.578. The van der Waals surface area contributed by atoms with Crippen LogP contribution in [0, 0.1) is 17.1 Å². The Morgan fingerprint density at radius 3 is 2.88 bits per heavy atom. The zero-order valence-corrected chi connectivity index (χ0v) is 17.8. The van der Waals surface area contributed by atoms with Crippen LogP contribution in [-0.2, 0) is 13.6 Å². The predicted molar refractivity (Wildman–Crippen MR) is 114 cm³/mol. The molecular weight excluding hydrogens is 425 g/mol. The number of nitrogen functional groups attached to an aromatic ring is 1. The van der Waals surface area contributed by atoms with E-state index in [9.17, 15) is 9.65 Å². The van der Waals surface area contributed by atoms with Gasteiger partial charge in [-0.15, -0.1) is 10.2 Å². The van der Waals surface area contributed by atoms with Crippen molar-refractivity contribution in [2.45, 2.75) is 31.9 Å². The van der Waals surface area contributed by atoms with Crippen molar-refractivity contribution in [1.82, 2.24) is 35.0 Å². The molecule has 0 spiro atoms. The summed E-state index contributed by atoms with van der Waals surface area (Å²) in [5, 5.41) is 31.9. The number of aromatic nitrogens is 7. The fourth-order valence-electron chi connectivity index (χ4n) is 4.77. The van der Waals surface area contributed by atoms with Gasteiger partial charge in [-0.1, -0.05) is 0 Å². The van der Waals surface area contributed by atoms with E-state index in [1.807, 2.05) is 4.68 Å². The van der Waals surface area contributed by atoms with Crippen LogP contribution in [0.1, 0.15) is 48.0 Å². The number of benzene rings is 1. The first kappa shape index (κ1) is 19.4. The highest BCUT2D eigenvalue weighted by Crippen LogP contribution is 2.45. The van der Waals surface area contributed by atoms with Crippen LogP contribution in [0.4, 0.5) is 10.2 Å². The number of nitriles is 1. The molecule has 1 aromatic carbocycles. The van der Waals surface area contributed by atoms with Crippen molar-refractivity contribution in [3.05, 3.63) is 52.7 Å². The summed E-state index contributed by atoms with van der Waals surface area (Å²) in [5.74, 6) is -0.182. The highest BCUT2D eigenvalue weighted by Gasteiger charge is 2.37. The van der Waals surface area contributed by atoms with Gasteiger partial charge in [-0.05, 0) is 31.5 Å². The lowest BCUT2D eigenvalue weighted by molar-refractivity contribution is 0.227. The average molecular weight is 443 g/mol. The van der Waals surface area contributed by atoms with Gasteiger partial charge in [-0.3, -0.25) is 4.68 Å². The Morgan fingerprint density at radius 2 is 2.06 bits per heavy atom. The van der Waals surface area contributed by atoms with Crippen molar-refractivity contribution in [1.29, 1.82) is 5.26 Å². The van der Waals surface area contributed by atoms with Crippen molar-refractivity contribution in [2.24, 2.45) is 7.05 Å². The quantitative estimate of drug-likeness (QED) is 0.438. The molecule has 0 saturated heterocycles. The number of hydrogen-bond donors (Lipinski definition) is 1. The number of hydrogen-bond acceptors (Lipinski definition) is 8. The third kappa shape index (κ3) is 2.80. The van der Waals surface area contributed by atoms with E-state index >= 15 is 0 Å². The topological polar surface area (TPSA) is 133 Å². The molecule has 0 radical (unpaired) electrons. The number of halogens is 1. The number of ether oxygens (including phenoxy) is 1. The van der Waals surface area contributed by atoms with Gasteiger partial charge in [0.05, 0.1) is 17.0 Å². The summed E-state index contributed by atoms with van der Waals surface area (Å²) in [7, 11) is 1.75. The first-order valence-corrected chi connectivity index (χ1v) is 10.5. The highest BCUT2D eigenvalue weighted by molar-refractivity contribution is 5.74. The summed E-state index contributed by atoms with van der Waals surface area (Å²) < 4.78 is 22.3. The summed E-state index contributed by atoms with van der Waals surface area (Å²) in [4.78, 5) is 1.50. The summed E-state index contributed by atoms with van der Waals surface area (Å²) in [6, 6.07) is 8.36. The van der Waals surface area contributed by atoms with Crippen LogP contribution in [0.5, 0.6) is 5.75 Å². The van der Waals surface area contributed by atoms with Crippen LogP contribution in [0.25, 0.3) is 22.5 Å². The zero-order valence-electron chi connectivity index (χ0n) is 17.8. The molecule has 0 saturated carbocycles. The number of fused-ring (bicyclic) bond motifs is 7. The highest BCUT2D eigenvalue weighted by atomic mass is 19.1. The van der Waals surface area contributed by atoms with Crippen LogP contribution in [0.15, 0.2) is 24.3 Å². The molecule has 2 N–H and O–H groups in total. The van der Waals surface area contributed by atoms with E-state index in [4.69, 9.17) is 10.5 Å². The maximum Gasteiger partial charge on any atom is 0.188 e. The van der Waals surface area contributed by atoms with Gasteiger partial charge in [0.25, 0.3) is 0 Å². The van der Waals surface area contributed by atoms with E-state index in [1.54, 1.807) is 26.1 Å². The number of nitrogens with two attached hydrogens (primary N) is 1. The normalized spacial score (nSPS) is 18.2. The molecule has 2 aliphatic rings. The maximum absolute atomic E-state index is 14.3. The van der Waals surface area contributed by atoms with E-state index in [1.165, 1.54) is 16.9 Å². The van der Waals surface area contributed by atoms with Gasteiger partial charge in [-0.25, -0.2) is 4.39 Å². The summed E-state index contributed by atoms with van der Waals surface area (Å²) in [6.07, 6.45) is 0.149. The molecule has 5 heterocycles. The van der Waals surface area contributed by atoms with Gasteiger partial charge in [0.2, 0.25) is 0 Å². The first-order valence-electron chi connectivity index (χ1n) is 10.5. The Morgan fingerprint density at radius 1 is 1.21 bits per heavy atom. The molecule has 10 nitrogen and oxygen atoms in total. The summed E-state index contributed by atoms with van der Waals surface area (Å²) >= 11 is 0. The molecule has 0 unspecified atom stereocenters. The minimum Gasteiger partial charge on any atom is -0.482 e. The second kappa shape index (κ2) is 6.83. The van der Waals surface area contributed by atoms with Crippen molar-refractivity contribution in [2.75, 3.05) is 5.73 Å². The predicted octanol–water partition coefficient (Wildman–Crippen LogP) is 2.72. The molecule has 2 atom stereocenters. The zero-order chi connectivity index (χ0) is 22.9. The van der Waals surface area contributed by atoms with Crippen LogP contribution in [-0.4, -0.2) is 35.0 Å². The second-order valence-electron chi connectivity index (χ2n) is 8.18. The largest absolute Gasteiger partial charge is 0.482 e. The van der Waals surface area contributed by atoms with Gasteiger partial charge >= 0.3 is 0 Å². The molecule has 0 fully saturated rings. The Balaban J connectivity index is 1.71. The third-order valence-corrected chi connectivity index (χ3v) is 6.18. The number of nitrogens with zero attached hydrogens (tertiary/aromatic N) is 8. The van der Waals surface area contributed by atoms with Gasteiger partial charge in [0, 0.05) is 36.7 Å². The monoisotopic (exact) mass is 443 g/mol. The smallest absolute Gasteiger partial charge is 0.188 e. The number of anilines is 1. The fraction of sp³-hybridized carbons (Fsp3) is 0.273. The van der Waals surface area contributed by atoms with Crippen molar-refractivity contribution in [3.63, 3.8) is 0 Å². The fourth-order valence-corrected chi connectivity index (χ4v) is 4.77. The lowest BCUT2D eigenvalue weighted by atomic mass is 9.90. The van der Waals surface area contributed by atoms with E-state index < -0.39 is 6.10 Å². The van der Waals surface area contributed by atoms with Crippen LogP contribution in [0.2, 0.25) is 0 Å². The van der Waals surface area contributed by atoms with Gasteiger partial charge in [0.15, 0.2) is 17.3 Å². The van der Waals surface area contributed by atoms with Gasteiger partial charge in [0.1, 0.15) is 29.4 Å². The molecule has 6 rings (SSSR count). The standard InChI is InChI=1S/C22H18FN9O/c1-10-14-7-11(23)3-4-12(14)19-20(30-31(2)29-19)13-5-6-32-21(13)18(16(9-24)28-32)15-8-17(33-10)22(25)27-26-15/h3-4,7-8,10,13H,5-6H2,1-2H3,(H2,25,27)/t10-,13-/m1/s1. The van der Waals surface area contributed by atoms with Crippen molar-refractivity contribution in [3.8, 4) is 34.3 Å². The summed E-state index contributed by atoms with van der Waals surface area (Å²) in [6.45, 7) is 2.42. The lowest BCUT2D eigenvalue weighted by Crippen LogP contribution is -2.11. The maximum atomic E-state index is 14.3. The molecule has 4 aromatic rings. The van der Waals surface area contributed by atoms with Gasteiger partial charge in [-0.2, -0.15) is 25.4 Å². The lowest BCUT2D eigenvalue weighted by Gasteiger charge is -2.21. The molecule has 164 valence electrons. The Bertz CT molecular complexity index is 1480. The van der Waals surface area contributed by atoms with E-state index in [0.29, 0.717) is 40.4 Å². The van der Waals surface area contributed by atoms with E-state index in [-0.39, 0.29) is 23.2 Å². The molecule has 2 aliphatic heterocycles. The van der Waals surface area contributed by atoms with Crippen LogP contribution in [0.3, 0.4) is 0 Å². The SMILES string of the molecule is C[C@H]1Oc2cc(nnc2N)-c2c(C#N)nn3c2[C@H](CC3)c2nn(C)nc2-c2ccc(F)cc21. The molecule has 0 amide bonds. The molecular formula is C22H18FN9O. The Kier molecular flexibility index (Phi) is 4.01. The van der Waals surface area contributed by atoms with Gasteiger partial charge < -0.3 is 10.5 Å². The van der Waals surface area contributed by atoms with E-state index in [2.05, 4.69) is 31.6 Å². The van der Waals surface area contributed by atoms with Crippen molar-refractivity contribution >= 4 is 5.82 Å². The molecule has 3 aromatic heterocycles. The molecule has 33 heavy (non-hydrogen) atoms. The Hall–Kier alpha value is -4.33. The van der Waals surface area contributed by atoms with Crippen LogP contribution < -0.4 is 10.5 Å². The minimum absolute atomic E-state index is 0.0969. The Labute approximate surface area is 187 Å². The molecule has 0 aliphatic carbocycles. The molecule has 11 heteroatoms. The second-order valence-corrected chi connectivity index (χ2v) is 8.18. The number of aryl methyl sites for hydroxylation is 2. The third-order valence-electron chi connectivity index (χ3n) is 6.18. The van der Waals surface area contributed by atoms with Crippen LogP contribution >= 0.6 is 0 Å². The number of rotatable bonds is 0.